The van der Waals surface area contributed by atoms with Crippen molar-refractivity contribution < 1.29 is 0 Å². The Balaban J connectivity index is 1.92. The zero-order valence-corrected chi connectivity index (χ0v) is 12.5. The molecule has 0 saturated heterocycles. The van der Waals surface area contributed by atoms with Gasteiger partial charge in [-0.3, -0.25) is 0 Å². The van der Waals surface area contributed by atoms with Gasteiger partial charge in [-0.2, -0.15) is 0 Å². The van der Waals surface area contributed by atoms with Crippen molar-refractivity contribution in [3.05, 3.63) is 54.1 Å². The van der Waals surface area contributed by atoms with Crippen molar-refractivity contribution in [3.63, 3.8) is 0 Å². The van der Waals surface area contributed by atoms with Gasteiger partial charge in [0.25, 0.3) is 0 Å². The molecule has 5 heteroatoms. The number of aliphatic imine (C=N–C) groups is 1. The van der Waals surface area contributed by atoms with Gasteiger partial charge in [0.05, 0.1) is 0 Å². The minimum atomic E-state index is 0.484. The van der Waals surface area contributed by atoms with Crippen LogP contribution in [0.5, 0.6) is 0 Å². The van der Waals surface area contributed by atoms with Crippen molar-refractivity contribution in [2.45, 2.75) is 32.9 Å². The number of unbranched alkanes of at least 4 members (excludes halogenated alkanes) is 1. The molecule has 0 amide bonds. The van der Waals surface area contributed by atoms with Gasteiger partial charge in [0.1, 0.15) is 12.4 Å². The maximum atomic E-state index is 5.84. The lowest BCUT2D eigenvalue weighted by molar-refractivity contribution is 0.716. The summed E-state index contributed by atoms with van der Waals surface area (Å²) >= 11 is 0. The van der Waals surface area contributed by atoms with E-state index in [9.17, 15) is 0 Å². The average molecular weight is 285 g/mol. The van der Waals surface area contributed by atoms with Crippen molar-refractivity contribution >= 4 is 5.96 Å². The van der Waals surface area contributed by atoms with Crippen LogP contribution in [0.2, 0.25) is 0 Å². The van der Waals surface area contributed by atoms with E-state index in [4.69, 9.17) is 5.73 Å². The number of nitrogens with two attached hydrogens (primary N) is 1. The highest BCUT2D eigenvalue weighted by atomic mass is 15.1. The van der Waals surface area contributed by atoms with Crippen molar-refractivity contribution in [2.75, 3.05) is 6.54 Å². The minimum Gasteiger partial charge on any atom is -0.370 e. The third-order valence-corrected chi connectivity index (χ3v) is 3.22. The molecule has 0 aliphatic carbocycles. The molecule has 0 unspecified atom stereocenters. The van der Waals surface area contributed by atoms with Gasteiger partial charge in [0.2, 0.25) is 0 Å². The van der Waals surface area contributed by atoms with E-state index < -0.39 is 0 Å². The Bertz CT molecular complexity index is 559. The van der Waals surface area contributed by atoms with Crippen LogP contribution < -0.4 is 11.1 Å². The zero-order chi connectivity index (χ0) is 14.9. The maximum absolute atomic E-state index is 5.84. The topological polar surface area (TPSA) is 68.2 Å². The second-order valence-electron chi connectivity index (χ2n) is 4.94. The molecule has 2 rings (SSSR count). The summed E-state index contributed by atoms with van der Waals surface area (Å²) in [5.74, 6) is 1.40. The second kappa shape index (κ2) is 8.09. The molecule has 1 aromatic heterocycles. The highest BCUT2D eigenvalue weighted by Crippen LogP contribution is 2.06. The molecule has 0 atom stereocenters. The molecule has 0 saturated carbocycles. The van der Waals surface area contributed by atoms with Crippen LogP contribution in [0.3, 0.4) is 0 Å². The number of nitrogens with zero attached hydrogens (tertiary/aromatic N) is 3. The first-order valence-electron chi connectivity index (χ1n) is 7.37. The predicted octanol–water partition coefficient (Wildman–Crippen LogP) is 2.14. The first-order chi connectivity index (χ1) is 10.3. The van der Waals surface area contributed by atoms with Gasteiger partial charge in [0.15, 0.2) is 5.96 Å². The molecule has 0 fully saturated rings. The summed E-state index contributed by atoms with van der Waals surface area (Å²) in [6, 6.07) is 10.3. The number of benzene rings is 1. The van der Waals surface area contributed by atoms with Gasteiger partial charge in [-0.25, -0.2) is 9.98 Å². The third kappa shape index (κ3) is 4.95. The number of hydrogen-bond donors (Lipinski definition) is 2. The summed E-state index contributed by atoms with van der Waals surface area (Å²) in [7, 11) is 0. The smallest absolute Gasteiger partial charge is 0.189 e. The minimum absolute atomic E-state index is 0.484. The Labute approximate surface area is 125 Å². The lowest BCUT2D eigenvalue weighted by atomic mass is 10.2. The molecule has 3 N–H and O–H groups in total. The normalized spacial score (nSPS) is 11.6. The summed E-state index contributed by atoms with van der Waals surface area (Å²) in [5, 5.41) is 3.11. The van der Waals surface area contributed by atoms with E-state index in [0.29, 0.717) is 12.5 Å². The van der Waals surface area contributed by atoms with Crippen LogP contribution in [0.1, 0.15) is 31.2 Å². The van der Waals surface area contributed by atoms with E-state index in [1.165, 1.54) is 5.56 Å². The summed E-state index contributed by atoms with van der Waals surface area (Å²) in [6.45, 7) is 4.30. The molecule has 21 heavy (non-hydrogen) atoms. The van der Waals surface area contributed by atoms with Crippen LogP contribution in [0.25, 0.3) is 0 Å². The van der Waals surface area contributed by atoms with E-state index >= 15 is 0 Å². The number of hydrogen-bond acceptors (Lipinski definition) is 2. The van der Waals surface area contributed by atoms with Crippen LogP contribution in [0, 0.1) is 0 Å². The first kappa shape index (κ1) is 15.1. The van der Waals surface area contributed by atoms with Gasteiger partial charge >= 0.3 is 0 Å². The fraction of sp³-hybridized carbons (Fsp3) is 0.375. The highest BCUT2D eigenvalue weighted by molar-refractivity contribution is 5.77. The van der Waals surface area contributed by atoms with Gasteiger partial charge in [0, 0.05) is 25.5 Å². The lowest BCUT2D eigenvalue weighted by Crippen LogP contribution is -2.32. The van der Waals surface area contributed by atoms with Crippen molar-refractivity contribution in [2.24, 2.45) is 10.7 Å². The Hall–Kier alpha value is -2.30. The SMILES string of the molecule is CCCCNC(N)=NCc1nccn1Cc1ccccc1. The molecule has 0 aliphatic heterocycles. The lowest BCUT2D eigenvalue weighted by Gasteiger charge is -2.07. The monoisotopic (exact) mass is 285 g/mol. The Morgan fingerprint density at radius 3 is 2.90 bits per heavy atom. The number of rotatable bonds is 7. The Kier molecular flexibility index (Phi) is 5.82. The number of guanidine groups is 1. The molecule has 0 bridgehead atoms. The highest BCUT2D eigenvalue weighted by Gasteiger charge is 2.03. The van der Waals surface area contributed by atoms with E-state index in [1.807, 2.05) is 24.4 Å². The van der Waals surface area contributed by atoms with Crippen LogP contribution in [-0.2, 0) is 13.1 Å². The quantitative estimate of drug-likeness (QED) is 0.465. The van der Waals surface area contributed by atoms with Crippen LogP contribution in [-0.4, -0.2) is 22.1 Å². The van der Waals surface area contributed by atoms with Crippen LogP contribution >= 0.6 is 0 Å². The largest absolute Gasteiger partial charge is 0.370 e. The summed E-state index contributed by atoms with van der Waals surface area (Å²) in [6.07, 6.45) is 6.01. The molecule has 1 heterocycles. The molecule has 0 spiro atoms. The third-order valence-electron chi connectivity index (χ3n) is 3.22. The molecule has 5 nitrogen and oxygen atoms in total. The van der Waals surface area contributed by atoms with E-state index in [0.717, 1.165) is 31.8 Å². The van der Waals surface area contributed by atoms with E-state index in [1.54, 1.807) is 6.20 Å². The van der Waals surface area contributed by atoms with Crippen LogP contribution in [0.4, 0.5) is 0 Å². The number of imidazole rings is 1. The molecule has 0 aliphatic rings. The van der Waals surface area contributed by atoms with Gasteiger partial charge in [-0.1, -0.05) is 43.7 Å². The molecule has 112 valence electrons. The average Bonchev–Trinajstić information content (AvgIpc) is 2.94. The molecule has 0 radical (unpaired) electrons. The predicted molar refractivity (Wildman–Crippen MR) is 86.0 cm³/mol. The molecular formula is C16H23N5. The van der Waals surface area contributed by atoms with Crippen molar-refractivity contribution in [1.29, 1.82) is 0 Å². The van der Waals surface area contributed by atoms with Crippen molar-refractivity contribution in [3.8, 4) is 0 Å². The van der Waals surface area contributed by atoms with Gasteiger partial charge in [-0.05, 0) is 12.0 Å². The Morgan fingerprint density at radius 1 is 1.33 bits per heavy atom. The summed E-state index contributed by atoms with van der Waals surface area (Å²) < 4.78 is 2.10. The maximum Gasteiger partial charge on any atom is 0.189 e. The number of aromatic nitrogens is 2. The zero-order valence-electron chi connectivity index (χ0n) is 12.5. The fourth-order valence-electron chi connectivity index (χ4n) is 2.02. The van der Waals surface area contributed by atoms with E-state index in [-0.39, 0.29) is 0 Å². The second-order valence-corrected chi connectivity index (χ2v) is 4.94. The number of nitrogens with one attached hydrogen (secondary N) is 1. The first-order valence-corrected chi connectivity index (χ1v) is 7.37. The molecular weight excluding hydrogens is 262 g/mol. The Morgan fingerprint density at radius 2 is 2.14 bits per heavy atom. The standard InChI is InChI=1S/C16H23N5/c1-2-3-9-19-16(17)20-12-15-18-10-11-21(15)13-14-7-5-4-6-8-14/h4-8,10-11H,2-3,9,12-13H2,1H3,(H3,17,19,20). The molecule has 1 aromatic carbocycles. The van der Waals surface area contributed by atoms with Gasteiger partial charge in [-0.15, -0.1) is 0 Å². The van der Waals surface area contributed by atoms with Crippen molar-refractivity contribution in [1.82, 2.24) is 14.9 Å². The summed E-state index contributed by atoms with van der Waals surface area (Å²) in [4.78, 5) is 8.69. The van der Waals surface area contributed by atoms with Gasteiger partial charge < -0.3 is 15.6 Å². The summed E-state index contributed by atoms with van der Waals surface area (Å²) in [5.41, 5.74) is 7.08. The van der Waals surface area contributed by atoms with Crippen LogP contribution in [0.15, 0.2) is 47.7 Å². The molecule has 2 aromatic rings. The van der Waals surface area contributed by atoms with E-state index in [2.05, 4.69) is 38.9 Å². The fourth-order valence-corrected chi connectivity index (χ4v) is 2.02.